The van der Waals surface area contributed by atoms with Crippen LogP contribution in [0.1, 0.15) is 21.6 Å². The van der Waals surface area contributed by atoms with E-state index in [1.807, 2.05) is 30.3 Å². The number of hydrogen-bond donors (Lipinski definition) is 3. The molecular formula is C15H17N3O3. The van der Waals surface area contributed by atoms with Crippen LogP contribution in [0.3, 0.4) is 0 Å². The summed E-state index contributed by atoms with van der Waals surface area (Å²) < 4.78 is 0. The van der Waals surface area contributed by atoms with Gasteiger partial charge in [-0.3, -0.25) is 0 Å². The van der Waals surface area contributed by atoms with Gasteiger partial charge in [0.2, 0.25) is 5.95 Å². The number of carbonyl (C=O) groups is 1. The van der Waals surface area contributed by atoms with E-state index in [0.717, 1.165) is 5.56 Å². The summed E-state index contributed by atoms with van der Waals surface area (Å²) in [6.45, 7) is 1.54. The molecule has 0 saturated heterocycles. The first-order chi connectivity index (χ1) is 10.1. The molecule has 0 spiro atoms. The quantitative estimate of drug-likeness (QED) is 0.745. The monoisotopic (exact) mass is 287 g/mol. The van der Waals surface area contributed by atoms with Crippen molar-refractivity contribution in [1.29, 1.82) is 0 Å². The van der Waals surface area contributed by atoms with Crippen LogP contribution in [0.2, 0.25) is 0 Å². The zero-order valence-electron chi connectivity index (χ0n) is 11.7. The van der Waals surface area contributed by atoms with Crippen LogP contribution >= 0.6 is 0 Å². The minimum absolute atomic E-state index is 0.0714. The van der Waals surface area contributed by atoms with E-state index in [4.69, 9.17) is 5.11 Å². The van der Waals surface area contributed by atoms with Crippen LogP contribution in [0.5, 0.6) is 0 Å². The number of aromatic carboxylic acids is 1. The summed E-state index contributed by atoms with van der Waals surface area (Å²) >= 11 is 0. The van der Waals surface area contributed by atoms with Gasteiger partial charge in [-0.05, 0) is 18.9 Å². The Kier molecular flexibility index (Phi) is 4.84. The van der Waals surface area contributed by atoms with Gasteiger partial charge >= 0.3 is 5.97 Å². The van der Waals surface area contributed by atoms with Crippen LogP contribution in [-0.4, -0.2) is 38.8 Å². The van der Waals surface area contributed by atoms with Crippen molar-refractivity contribution < 1.29 is 15.0 Å². The summed E-state index contributed by atoms with van der Waals surface area (Å²) in [5, 5.41) is 21.4. The molecule has 0 aliphatic heterocycles. The van der Waals surface area contributed by atoms with Gasteiger partial charge in [-0.1, -0.05) is 30.3 Å². The highest BCUT2D eigenvalue weighted by molar-refractivity contribution is 5.88. The highest BCUT2D eigenvalue weighted by atomic mass is 16.4. The number of nitrogens with zero attached hydrogens (tertiary/aromatic N) is 2. The Labute approximate surface area is 122 Å². The Morgan fingerprint density at radius 3 is 2.62 bits per heavy atom. The van der Waals surface area contributed by atoms with Gasteiger partial charge in [0, 0.05) is 6.20 Å². The predicted octanol–water partition coefficient (Wildman–Crippen LogP) is 1.50. The number of rotatable bonds is 6. The Bertz CT molecular complexity index is 617. The van der Waals surface area contributed by atoms with Crippen molar-refractivity contribution in [3.63, 3.8) is 0 Å². The molecule has 0 amide bonds. The summed E-state index contributed by atoms with van der Waals surface area (Å²) in [5.74, 6) is -0.741. The van der Waals surface area contributed by atoms with Gasteiger partial charge in [-0.25, -0.2) is 14.8 Å². The lowest BCUT2D eigenvalue weighted by Crippen LogP contribution is -2.27. The van der Waals surface area contributed by atoms with Crippen LogP contribution in [0.25, 0.3) is 0 Å². The molecule has 1 aromatic heterocycles. The maximum Gasteiger partial charge on any atom is 0.339 e. The van der Waals surface area contributed by atoms with Crippen molar-refractivity contribution in [3.8, 4) is 0 Å². The number of benzene rings is 1. The van der Waals surface area contributed by atoms with Gasteiger partial charge in [-0.15, -0.1) is 0 Å². The smallest absolute Gasteiger partial charge is 0.339 e. The van der Waals surface area contributed by atoms with Crippen LogP contribution in [-0.2, 0) is 6.42 Å². The van der Waals surface area contributed by atoms with Crippen molar-refractivity contribution in [3.05, 3.63) is 53.3 Å². The topological polar surface area (TPSA) is 95.3 Å². The molecular weight excluding hydrogens is 270 g/mol. The number of aliphatic hydroxyl groups excluding tert-OH is 1. The fraction of sp³-hybridized carbons (Fsp3) is 0.267. The average Bonchev–Trinajstić information content (AvgIpc) is 2.47. The molecule has 110 valence electrons. The van der Waals surface area contributed by atoms with Crippen LogP contribution in [0.4, 0.5) is 5.95 Å². The molecule has 1 aromatic carbocycles. The zero-order chi connectivity index (χ0) is 15.2. The predicted molar refractivity (Wildman–Crippen MR) is 78.4 cm³/mol. The molecule has 6 heteroatoms. The zero-order valence-corrected chi connectivity index (χ0v) is 11.7. The summed E-state index contributed by atoms with van der Waals surface area (Å²) in [6.07, 6.45) is 1.89. The molecule has 3 N–H and O–H groups in total. The Morgan fingerprint density at radius 2 is 2.05 bits per heavy atom. The third kappa shape index (κ3) is 4.00. The minimum Gasteiger partial charge on any atom is -0.478 e. The largest absolute Gasteiger partial charge is 0.478 e. The number of aliphatic hydroxyl groups is 1. The molecule has 0 radical (unpaired) electrons. The first kappa shape index (κ1) is 14.9. The van der Waals surface area contributed by atoms with E-state index in [-0.39, 0.29) is 18.2 Å². The Balaban J connectivity index is 2.08. The lowest BCUT2D eigenvalue weighted by atomic mass is 10.1. The molecule has 0 fully saturated rings. The van der Waals surface area contributed by atoms with E-state index < -0.39 is 5.97 Å². The van der Waals surface area contributed by atoms with E-state index in [1.165, 1.54) is 6.20 Å². The maximum absolute atomic E-state index is 10.9. The average molecular weight is 287 g/mol. The summed E-state index contributed by atoms with van der Waals surface area (Å²) in [5.41, 5.74) is 1.54. The molecule has 0 saturated carbocycles. The first-order valence-electron chi connectivity index (χ1n) is 6.58. The second kappa shape index (κ2) is 6.81. The molecule has 1 heterocycles. The molecule has 0 aliphatic rings. The van der Waals surface area contributed by atoms with Crippen molar-refractivity contribution >= 4 is 11.9 Å². The van der Waals surface area contributed by atoms with Crippen LogP contribution in [0, 0.1) is 6.92 Å². The number of anilines is 1. The Morgan fingerprint density at radius 1 is 1.33 bits per heavy atom. The van der Waals surface area contributed by atoms with Gasteiger partial charge in [-0.2, -0.15) is 0 Å². The fourth-order valence-electron chi connectivity index (χ4n) is 1.99. The molecule has 0 bridgehead atoms. The third-order valence-electron chi connectivity index (χ3n) is 3.09. The van der Waals surface area contributed by atoms with Crippen molar-refractivity contribution in [2.45, 2.75) is 19.4 Å². The van der Waals surface area contributed by atoms with Gasteiger partial charge in [0.05, 0.1) is 23.9 Å². The van der Waals surface area contributed by atoms with Crippen molar-refractivity contribution in [1.82, 2.24) is 9.97 Å². The van der Waals surface area contributed by atoms with E-state index in [0.29, 0.717) is 18.1 Å². The standard InChI is InChI=1S/C15H17N3O3/c1-10-13(14(20)21)8-16-15(17-10)18-12(9-19)7-11-5-3-2-4-6-11/h2-6,8,12,19H,7,9H2,1H3,(H,20,21)(H,16,17,18). The molecule has 1 atom stereocenters. The molecule has 1 unspecified atom stereocenters. The van der Waals surface area contributed by atoms with E-state index in [2.05, 4.69) is 15.3 Å². The fourth-order valence-corrected chi connectivity index (χ4v) is 1.99. The third-order valence-corrected chi connectivity index (χ3v) is 3.09. The second-order valence-electron chi connectivity index (χ2n) is 4.71. The van der Waals surface area contributed by atoms with Crippen LogP contribution < -0.4 is 5.32 Å². The minimum atomic E-state index is -1.05. The lowest BCUT2D eigenvalue weighted by Gasteiger charge is -2.16. The van der Waals surface area contributed by atoms with Crippen LogP contribution in [0.15, 0.2) is 36.5 Å². The highest BCUT2D eigenvalue weighted by Crippen LogP contribution is 2.10. The molecule has 2 aromatic rings. The maximum atomic E-state index is 10.9. The molecule has 6 nitrogen and oxygen atoms in total. The number of aromatic nitrogens is 2. The number of nitrogens with one attached hydrogen (secondary N) is 1. The highest BCUT2D eigenvalue weighted by Gasteiger charge is 2.13. The van der Waals surface area contributed by atoms with Gasteiger partial charge < -0.3 is 15.5 Å². The number of hydrogen-bond acceptors (Lipinski definition) is 5. The van der Waals surface area contributed by atoms with Gasteiger partial charge in [0.25, 0.3) is 0 Å². The van der Waals surface area contributed by atoms with Crippen molar-refractivity contribution in [2.75, 3.05) is 11.9 Å². The molecule has 2 rings (SSSR count). The summed E-state index contributed by atoms with van der Waals surface area (Å²) in [4.78, 5) is 19.0. The second-order valence-corrected chi connectivity index (χ2v) is 4.71. The number of carboxylic acid groups (broad SMARTS) is 1. The van der Waals surface area contributed by atoms with Gasteiger partial charge in [0.15, 0.2) is 0 Å². The SMILES string of the molecule is Cc1nc(NC(CO)Cc2ccccc2)ncc1C(=O)O. The number of carboxylic acids is 1. The Hall–Kier alpha value is -2.47. The normalized spacial score (nSPS) is 11.9. The van der Waals surface area contributed by atoms with E-state index >= 15 is 0 Å². The van der Waals surface area contributed by atoms with E-state index in [1.54, 1.807) is 6.92 Å². The molecule has 21 heavy (non-hydrogen) atoms. The number of aryl methyl sites for hydroxylation is 1. The van der Waals surface area contributed by atoms with Crippen molar-refractivity contribution in [2.24, 2.45) is 0 Å². The van der Waals surface area contributed by atoms with Gasteiger partial charge in [0.1, 0.15) is 0 Å². The first-order valence-corrected chi connectivity index (χ1v) is 6.58. The lowest BCUT2D eigenvalue weighted by molar-refractivity contribution is 0.0695. The summed E-state index contributed by atoms with van der Waals surface area (Å²) in [6, 6.07) is 9.52. The summed E-state index contributed by atoms with van der Waals surface area (Å²) in [7, 11) is 0. The molecule has 0 aliphatic carbocycles. The van der Waals surface area contributed by atoms with E-state index in [9.17, 15) is 9.90 Å².